The summed E-state index contributed by atoms with van der Waals surface area (Å²) in [6.45, 7) is 5.44. The van der Waals surface area contributed by atoms with Gasteiger partial charge in [0.25, 0.3) is 0 Å². The fraction of sp³-hybridized carbons (Fsp3) is 0.357. The Balaban J connectivity index is 2.11. The molecule has 2 aromatic rings. The first kappa shape index (κ1) is 14.0. The lowest BCUT2D eigenvalue weighted by Gasteiger charge is -2.09. The van der Waals surface area contributed by atoms with Crippen molar-refractivity contribution in [1.82, 2.24) is 15.1 Å². The second-order valence-electron chi connectivity index (χ2n) is 4.49. The van der Waals surface area contributed by atoms with E-state index in [-0.39, 0.29) is 11.9 Å². The summed E-state index contributed by atoms with van der Waals surface area (Å²) >= 11 is 5.73. The molecule has 0 spiro atoms. The van der Waals surface area contributed by atoms with Gasteiger partial charge in [-0.1, -0.05) is 24.6 Å². The Labute approximate surface area is 117 Å². The molecule has 1 aromatic heterocycles. The topological polar surface area (TPSA) is 29.9 Å². The van der Waals surface area contributed by atoms with Gasteiger partial charge in [-0.2, -0.15) is 5.10 Å². The van der Waals surface area contributed by atoms with Crippen molar-refractivity contribution in [1.29, 1.82) is 0 Å². The van der Waals surface area contributed by atoms with Crippen LogP contribution in [-0.2, 0) is 6.54 Å². The van der Waals surface area contributed by atoms with Crippen LogP contribution in [0.4, 0.5) is 4.39 Å². The third-order valence-corrected chi connectivity index (χ3v) is 3.25. The minimum Gasteiger partial charge on any atom is -0.310 e. The minimum atomic E-state index is -0.302. The average Bonchev–Trinajstić information content (AvgIpc) is 2.82. The van der Waals surface area contributed by atoms with Gasteiger partial charge in [-0.25, -0.2) is 4.39 Å². The first-order valence-electron chi connectivity index (χ1n) is 6.29. The van der Waals surface area contributed by atoms with Gasteiger partial charge in [-0.15, -0.1) is 0 Å². The summed E-state index contributed by atoms with van der Waals surface area (Å²) < 4.78 is 15.4. The number of nitrogens with one attached hydrogen (secondary N) is 1. The standard InChI is InChI=1S/C14H17ClFN3/c1-3-17-10(2)12-7-18-19(9-12)8-11-4-5-13(15)6-14(11)16/h4-7,9-10,17H,3,8H2,1-2H3. The number of benzene rings is 1. The van der Waals surface area contributed by atoms with Crippen molar-refractivity contribution >= 4 is 11.6 Å². The average molecular weight is 282 g/mol. The molecule has 1 heterocycles. The highest BCUT2D eigenvalue weighted by Gasteiger charge is 2.08. The van der Waals surface area contributed by atoms with Crippen LogP contribution in [0.2, 0.25) is 5.02 Å². The van der Waals surface area contributed by atoms with E-state index in [2.05, 4.69) is 24.3 Å². The van der Waals surface area contributed by atoms with Crippen molar-refractivity contribution < 1.29 is 4.39 Å². The molecule has 19 heavy (non-hydrogen) atoms. The molecule has 102 valence electrons. The molecule has 0 amide bonds. The maximum atomic E-state index is 13.7. The molecule has 1 unspecified atom stereocenters. The van der Waals surface area contributed by atoms with Crippen LogP contribution >= 0.6 is 11.6 Å². The van der Waals surface area contributed by atoms with Crippen LogP contribution in [0.5, 0.6) is 0 Å². The zero-order chi connectivity index (χ0) is 13.8. The van der Waals surface area contributed by atoms with Crippen LogP contribution < -0.4 is 5.32 Å². The van der Waals surface area contributed by atoms with E-state index in [1.807, 2.05) is 6.20 Å². The third kappa shape index (κ3) is 3.55. The highest BCUT2D eigenvalue weighted by molar-refractivity contribution is 6.30. The lowest BCUT2D eigenvalue weighted by Crippen LogP contribution is -2.17. The Bertz CT molecular complexity index is 553. The Morgan fingerprint density at radius 3 is 2.95 bits per heavy atom. The molecule has 1 aromatic carbocycles. The molecule has 5 heteroatoms. The largest absolute Gasteiger partial charge is 0.310 e. The van der Waals surface area contributed by atoms with Gasteiger partial charge in [0, 0.05) is 28.4 Å². The monoisotopic (exact) mass is 281 g/mol. The van der Waals surface area contributed by atoms with E-state index in [0.29, 0.717) is 17.1 Å². The fourth-order valence-electron chi connectivity index (χ4n) is 1.94. The highest BCUT2D eigenvalue weighted by atomic mass is 35.5. The van der Waals surface area contributed by atoms with E-state index >= 15 is 0 Å². The van der Waals surface area contributed by atoms with Gasteiger partial charge in [-0.3, -0.25) is 4.68 Å². The van der Waals surface area contributed by atoms with E-state index in [4.69, 9.17) is 11.6 Å². The lowest BCUT2D eigenvalue weighted by atomic mass is 10.2. The SMILES string of the molecule is CCNC(C)c1cnn(Cc2ccc(Cl)cc2F)c1. The maximum Gasteiger partial charge on any atom is 0.129 e. The molecule has 3 nitrogen and oxygen atoms in total. The van der Waals surface area contributed by atoms with Crippen molar-refractivity contribution in [2.24, 2.45) is 0 Å². The molecule has 1 N–H and O–H groups in total. The second kappa shape index (κ2) is 6.17. The Kier molecular flexibility index (Phi) is 4.56. The van der Waals surface area contributed by atoms with Crippen LogP contribution in [0.15, 0.2) is 30.6 Å². The van der Waals surface area contributed by atoms with E-state index in [1.165, 1.54) is 6.07 Å². The minimum absolute atomic E-state index is 0.244. The summed E-state index contributed by atoms with van der Waals surface area (Å²) in [6.07, 6.45) is 3.74. The van der Waals surface area contributed by atoms with Crippen molar-refractivity contribution in [2.75, 3.05) is 6.54 Å². The summed E-state index contributed by atoms with van der Waals surface area (Å²) in [5.41, 5.74) is 1.67. The molecule has 0 aliphatic heterocycles. The van der Waals surface area contributed by atoms with Crippen LogP contribution in [0.1, 0.15) is 31.0 Å². The molecule has 0 radical (unpaired) electrons. The van der Waals surface area contributed by atoms with Gasteiger partial charge < -0.3 is 5.32 Å². The summed E-state index contributed by atoms with van der Waals surface area (Å²) in [4.78, 5) is 0. The van der Waals surface area contributed by atoms with E-state index in [9.17, 15) is 4.39 Å². The van der Waals surface area contributed by atoms with Gasteiger partial charge in [0.05, 0.1) is 12.7 Å². The molecule has 0 saturated heterocycles. The molecule has 1 atom stereocenters. The van der Waals surface area contributed by atoms with E-state index in [0.717, 1.165) is 12.1 Å². The second-order valence-corrected chi connectivity index (χ2v) is 4.92. The Morgan fingerprint density at radius 1 is 1.47 bits per heavy atom. The highest BCUT2D eigenvalue weighted by Crippen LogP contribution is 2.16. The first-order valence-corrected chi connectivity index (χ1v) is 6.67. The van der Waals surface area contributed by atoms with Gasteiger partial charge in [0.2, 0.25) is 0 Å². The molecular formula is C14H17ClFN3. The van der Waals surface area contributed by atoms with Crippen molar-refractivity contribution in [3.63, 3.8) is 0 Å². The predicted octanol–water partition coefficient (Wildman–Crippen LogP) is 3.39. The number of aromatic nitrogens is 2. The number of hydrogen-bond donors (Lipinski definition) is 1. The molecule has 0 aliphatic carbocycles. The van der Waals surface area contributed by atoms with E-state index in [1.54, 1.807) is 23.0 Å². The van der Waals surface area contributed by atoms with Gasteiger partial charge in [0.15, 0.2) is 0 Å². The van der Waals surface area contributed by atoms with Gasteiger partial charge in [-0.05, 0) is 25.6 Å². The van der Waals surface area contributed by atoms with Gasteiger partial charge in [0.1, 0.15) is 5.82 Å². The molecule has 0 bridgehead atoms. The smallest absolute Gasteiger partial charge is 0.129 e. The zero-order valence-electron chi connectivity index (χ0n) is 11.0. The number of rotatable bonds is 5. The molecule has 0 fully saturated rings. The number of hydrogen-bond acceptors (Lipinski definition) is 2. The van der Waals surface area contributed by atoms with Gasteiger partial charge >= 0.3 is 0 Å². The number of nitrogens with zero attached hydrogens (tertiary/aromatic N) is 2. The number of halogens is 2. The summed E-state index contributed by atoms with van der Waals surface area (Å²) in [7, 11) is 0. The molecule has 0 aliphatic rings. The quantitative estimate of drug-likeness (QED) is 0.910. The first-order chi connectivity index (χ1) is 9.10. The Morgan fingerprint density at radius 2 is 2.26 bits per heavy atom. The molecule has 0 saturated carbocycles. The normalized spacial score (nSPS) is 12.6. The Hall–Kier alpha value is -1.39. The summed E-state index contributed by atoms with van der Waals surface area (Å²) in [5.74, 6) is -0.302. The zero-order valence-corrected chi connectivity index (χ0v) is 11.8. The molecular weight excluding hydrogens is 265 g/mol. The maximum absolute atomic E-state index is 13.7. The fourth-order valence-corrected chi connectivity index (χ4v) is 2.10. The summed E-state index contributed by atoms with van der Waals surface area (Å²) in [6, 6.07) is 4.94. The van der Waals surface area contributed by atoms with Crippen molar-refractivity contribution in [3.05, 3.63) is 52.6 Å². The molecule has 2 rings (SSSR count). The van der Waals surface area contributed by atoms with Crippen LogP contribution in [0.25, 0.3) is 0 Å². The predicted molar refractivity (Wildman–Crippen MR) is 74.8 cm³/mol. The van der Waals surface area contributed by atoms with E-state index < -0.39 is 0 Å². The lowest BCUT2D eigenvalue weighted by molar-refractivity contribution is 0.581. The third-order valence-electron chi connectivity index (χ3n) is 3.01. The summed E-state index contributed by atoms with van der Waals surface area (Å²) in [5, 5.41) is 7.97. The van der Waals surface area contributed by atoms with Crippen LogP contribution in [-0.4, -0.2) is 16.3 Å². The van der Waals surface area contributed by atoms with Crippen molar-refractivity contribution in [2.45, 2.75) is 26.4 Å². The van der Waals surface area contributed by atoms with Crippen LogP contribution in [0.3, 0.4) is 0 Å². The van der Waals surface area contributed by atoms with Crippen LogP contribution in [0, 0.1) is 5.82 Å². The van der Waals surface area contributed by atoms with Crippen molar-refractivity contribution in [3.8, 4) is 0 Å².